The fraction of sp³-hybridized carbons (Fsp3) is 0.516. The molecule has 3 aromatic rings. The van der Waals surface area contributed by atoms with Crippen molar-refractivity contribution in [3.63, 3.8) is 0 Å². The van der Waals surface area contributed by atoms with Crippen LogP contribution in [-0.4, -0.2) is 75.9 Å². The van der Waals surface area contributed by atoms with E-state index in [-0.39, 0.29) is 12.0 Å². The molecular formula is C31H39N5O6. The summed E-state index contributed by atoms with van der Waals surface area (Å²) in [6, 6.07) is 5.13. The number of nitrogens with one attached hydrogen (secondary N) is 1. The molecule has 4 heterocycles. The highest BCUT2D eigenvalue weighted by atomic mass is 16.6. The summed E-state index contributed by atoms with van der Waals surface area (Å²) < 4.78 is 23.9. The maximum atomic E-state index is 13.3. The Hall–Kier alpha value is -3.99. The molecule has 0 saturated carbocycles. The second-order valence-electron chi connectivity index (χ2n) is 11.6. The molecule has 11 heteroatoms. The summed E-state index contributed by atoms with van der Waals surface area (Å²) in [6.07, 6.45) is 6.84. The number of nitrogens with zero attached hydrogens (tertiary/aromatic N) is 4. The van der Waals surface area contributed by atoms with Gasteiger partial charge in [0.1, 0.15) is 35.9 Å². The molecule has 0 spiro atoms. The SMILES string of the molecule is CCCOCc1ncc(-c2ccc3ncc4cc3c2OCCCNC(=O)[C@@H]2C[C@H](CCN2C(=O)OC(C)(C)C)O4)cn1. The molecule has 2 aromatic heterocycles. The van der Waals surface area contributed by atoms with Gasteiger partial charge in [0, 0.05) is 61.4 Å². The quantitative estimate of drug-likeness (QED) is 0.431. The number of carbonyl (C=O) groups excluding carboxylic acids is 2. The minimum absolute atomic E-state index is 0.235. The molecule has 0 aliphatic carbocycles. The second-order valence-corrected chi connectivity index (χ2v) is 11.6. The highest BCUT2D eigenvalue weighted by Crippen LogP contribution is 2.38. The molecule has 0 unspecified atom stereocenters. The Labute approximate surface area is 245 Å². The predicted molar refractivity (Wildman–Crippen MR) is 156 cm³/mol. The maximum absolute atomic E-state index is 13.3. The van der Waals surface area contributed by atoms with Crippen LogP contribution in [0, 0.1) is 0 Å². The fourth-order valence-corrected chi connectivity index (χ4v) is 5.07. The summed E-state index contributed by atoms with van der Waals surface area (Å²) in [7, 11) is 0. The molecule has 5 rings (SSSR count). The Morgan fingerprint density at radius 2 is 1.98 bits per heavy atom. The van der Waals surface area contributed by atoms with Crippen molar-refractivity contribution in [2.24, 2.45) is 0 Å². The molecule has 1 N–H and O–H groups in total. The van der Waals surface area contributed by atoms with Gasteiger partial charge < -0.3 is 24.3 Å². The summed E-state index contributed by atoms with van der Waals surface area (Å²) in [6.45, 7) is 9.61. The number of benzene rings is 1. The van der Waals surface area contributed by atoms with Crippen LogP contribution in [0.4, 0.5) is 4.79 Å². The van der Waals surface area contributed by atoms with E-state index >= 15 is 0 Å². The van der Waals surface area contributed by atoms with Crippen LogP contribution in [0.3, 0.4) is 0 Å². The summed E-state index contributed by atoms with van der Waals surface area (Å²) in [5.41, 5.74) is 1.75. The lowest BCUT2D eigenvalue weighted by molar-refractivity contribution is -0.129. The molecule has 1 fully saturated rings. The van der Waals surface area contributed by atoms with Gasteiger partial charge in [-0.15, -0.1) is 0 Å². The maximum Gasteiger partial charge on any atom is 0.410 e. The van der Waals surface area contributed by atoms with Crippen LogP contribution in [0.2, 0.25) is 0 Å². The zero-order valence-corrected chi connectivity index (χ0v) is 24.7. The Morgan fingerprint density at radius 1 is 1.17 bits per heavy atom. The van der Waals surface area contributed by atoms with Gasteiger partial charge in [-0.3, -0.25) is 14.7 Å². The third-order valence-corrected chi connectivity index (χ3v) is 7.04. The second kappa shape index (κ2) is 12.9. The molecule has 4 bridgehead atoms. The molecule has 42 heavy (non-hydrogen) atoms. The standard InChI is InChI=1S/C31H39N5O6/c1-5-12-39-19-27-34-16-20(17-35-27)23-7-8-25-24-14-22(18-33-25)41-21-9-11-36(30(38)42-31(2,3)4)26(15-21)29(37)32-10-6-13-40-28(23)24/h7-8,14,16-18,21,26H,5-6,9-13,15,19H2,1-4H3,(H,32,37)/t21-,26-/m0/s1. The topological polar surface area (TPSA) is 125 Å². The van der Waals surface area contributed by atoms with E-state index in [0.29, 0.717) is 69.5 Å². The third kappa shape index (κ3) is 7.07. The number of rotatable bonds is 5. The zero-order chi connectivity index (χ0) is 29.7. The zero-order valence-electron chi connectivity index (χ0n) is 24.7. The molecule has 224 valence electrons. The van der Waals surface area contributed by atoms with Crippen molar-refractivity contribution in [1.82, 2.24) is 25.2 Å². The molecule has 2 amide bonds. The van der Waals surface area contributed by atoms with E-state index in [4.69, 9.17) is 18.9 Å². The molecule has 0 radical (unpaired) electrons. The minimum atomic E-state index is -0.701. The normalized spacial score (nSPS) is 19.4. The van der Waals surface area contributed by atoms with Gasteiger partial charge in [0.25, 0.3) is 0 Å². The number of piperidine rings is 1. The van der Waals surface area contributed by atoms with E-state index in [2.05, 4.69) is 27.2 Å². The van der Waals surface area contributed by atoms with Crippen LogP contribution in [0.15, 0.2) is 36.8 Å². The van der Waals surface area contributed by atoms with Crippen LogP contribution in [0.5, 0.6) is 11.5 Å². The third-order valence-electron chi connectivity index (χ3n) is 7.04. The summed E-state index contributed by atoms with van der Waals surface area (Å²) >= 11 is 0. The average molecular weight is 578 g/mol. The molecule has 11 nitrogen and oxygen atoms in total. The Balaban J connectivity index is 1.43. The van der Waals surface area contributed by atoms with E-state index in [0.717, 1.165) is 28.5 Å². The van der Waals surface area contributed by atoms with Gasteiger partial charge in [-0.25, -0.2) is 14.8 Å². The number of hydrogen-bond donors (Lipinski definition) is 1. The van der Waals surface area contributed by atoms with Crippen LogP contribution < -0.4 is 14.8 Å². The van der Waals surface area contributed by atoms with Crippen molar-refractivity contribution in [3.8, 4) is 22.6 Å². The largest absolute Gasteiger partial charge is 0.492 e. The smallest absolute Gasteiger partial charge is 0.410 e. The first-order valence-electron chi connectivity index (χ1n) is 14.6. The first-order valence-corrected chi connectivity index (χ1v) is 14.6. The van der Waals surface area contributed by atoms with Gasteiger partial charge in [-0.1, -0.05) is 6.92 Å². The van der Waals surface area contributed by atoms with Gasteiger partial charge in [0.15, 0.2) is 5.82 Å². The van der Waals surface area contributed by atoms with Crippen molar-refractivity contribution in [2.75, 3.05) is 26.3 Å². The van der Waals surface area contributed by atoms with E-state index in [1.807, 2.05) is 39.0 Å². The lowest BCUT2D eigenvalue weighted by Gasteiger charge is -2.39. The molecule has 2 aliphatic rings. The van der Waals surface area contributed by atoms with Gasteiger partial charge in [-0.2, -0.15) is 0 Å². The van der Waals surface area contributed by atoms with Crippen LogP contribution in [0.25, 0.3) is 22.0 Å². The number of ether oxygens (including phenoxy) is 4. The number of aromatic nitrogens is 3. The van der Waals surface area contributed by atoms with Crippen molar-refractivity contribution in [1.29, 1.82) is 0 Å². The summed E-state index contributed by atoms with van der Waals surface area (Å²) in [5, 5.41) is 3.79. The lowest BCUT2D eigenvalue weighted by atomic mass is 9.98. The first-order chi connectivity index (χ1) is 20.2. The van der Waals surface area contributed by atoms with Gasteiger partial charge in [0.2, 0.25) is 5.91 Å². The molecular weight excluding hydrogens is 538 g/mol. The molecule has 1 saturated heterocycles. The number of carbonyl (C=O) groups is 2. The number of fused-ring (bicyclic) bond motifs is 3. The molecule has 1 aromatic carbocycles. The Morgan fingerprint density at radius 3 is 2.74 bits per heavy atom. The Kier molecular flexibility index (Phi) is 9.06. The van der Waals surface area contributed by atoms with Crippen molar-refractivity contribution in [2.45, 2.75) is 77.7 Å². The summed E-state index contributed by atoms with van der Waals surface area (Å²) in [4.78, 5) is 41.3. The first kappa shape index (κ1) is 29.5. The monoisotopic (exact) mass is 577 g/mol. The highest BCUT2D eigenvalue weighted by molar-refractivity contribution is 5.93. The van der Waals surface area contributed by atoms with E-state index in [1.165, 1.54) is 4.90 Å². The molecule has 2 atom stereocenters. The van der Waals surface area contributed by atoms with Gasteiger partial charge >= 0.3 is 6.09 Å². The number of amides is 2. The average Bonchev–Trinajstić information content (AvgIpc) is 2.96. The van der Waals surface area contributed by atoms with Gasteiger partial charge in [0.05, 0.1) is 18.3 Å². The van der Waals surface area contributed by atoms with E-state index in [9.17, 15) is 9.59 Å². The molecule has 2 aliphatic heterocycles. The number of pyridine rings is 1. The van der Waals surface area contributed by atoms with Crippen molar-refractivity contribution in [3.05, 3.63) is 42.6 Å². The van der Waals surface area contributed by atoms with Gasteiger partial charge in [-0.05, 0) is 51.8 Å². The minimum Gasteiger partial charge on any atom is -0.492 e. The lowest BCUT2D eigenvalue weighted by Crippen LogP contribution is -2.56. The van der Waals surface area contributed by atoms with Crippen molar-refractivity contribution < 1.29 is 28.5 Å². The van der Waals surface area contributed by atoms with Crippen LogP contribution in [0.1, 0.15) is 59.2 Å². The fourth-order valence-electron chi connectivity index (χ4n) is 5.07. The predicted octanol–water partition coefficient (Wildman–Crippen LogP) is 4.66. The van der Waals surface area contributed by atoms with Crippen LogP contribution >= 0.6 is 0 Å². The van der Waals surface area contributed by atoms with E-state index in [1.54, 1.807) is 18.6 Å². The highest BCUT2D eigenvalue weighted by Gasteiger charge is 2.39. The van der Waals surface area contributed by atoms with Crippen LogP contribution in [-0.2, 0) is 20.9 Å². The number of likely N-dealkylation sites (tertiary alicyclic amines) is 1. The van der Waals surface area contributed by atoms with Crippen molar-refractivity contribution >= 4 is 22.9 Å². The summed E-state index contributed by atoms with van der Waals surface area (Å²) in [5.74, 6) is 1.61. The Bertz CT molecular complexity index is 1410. The number of hydrogen-bond acceptors (Lipinski definition) is 9. The van der Waals surface area contributed by atoms with E-state index < -0.39 is 17.7 Å².